The summed E-state index contributed by atoms with van der Waals surface area (Å²) in [5.74, 6) is 0.579. The minimum absolute atomic E-state index is 0.0430. The maximum absolute atomic E-state index is 12.4. The molecule has 0 bridgehead atoms. The zero-order chi connectivity index (χ0) is 15.0. The minimum atomic E-state index is -0.413. The molecule has 1 heterocycles. The summed E-state index contributed by atoms with van der Waals surface area (Å²) in [6.45, 7) is 3.92. The lowest BCUT2D eigenvalue weighted by atomic mass is 9.92. The van der Waals surface area contributed by atoms with Gasteiger partial charge in [-0.05, 0) is 29.8 Å². The second-order valence-corrected chi connectivity index (χ2v) is 5.33. The van der Waals surface area contributed by atoms with Gasteiger partial charge in [-0.1, -0.05) is 30.8 Å². The van der Waals surface area contributed by atoms with E-state index in [1.54, 1.807) is 6.07 Å². The van der Waals surface area contributed by atoms with Gasteiger partial charge >= 0.3 is 0 Å². The summed E-state index contributed by atoms with van der Waals surface area (Å²) >= 11 is 0. The highest BCUT2D eigenvalue weighted by Gasteiger charge is 2.31. The number of nitrogens with zero attached hydrogens (tertiary/aromatic N) is 1. The first-order chi connectivity index (χ1) is 10.1. The van der Waals surface area contributed by atoms with Crippen LogP contribution in [-0.4, -0.2) is 19.9 Å². The molecule has 0 aromatic heterocycles. The fraction of sp³-hybridized carbons (Fsp3) is 0.167. The highest BCUT2D eigenvalue weighted by molar-refractivity contribution is 6.11. The molecule has 1 aliphatic rings. The number of carbonyl (C=O) groups excluding carboxylic acids is 1. The number of ether oxygens (including phenoxy) is 1. The molecule has 0 aliphatic carbocycles. The Morgan fingerprint density at radius 1 is 1.05 bits per heavy atom. The van der Waals surface area contributed by atoms with Crippen LogP contribution in [0.15, 0.2) is 60.7 Å². The molecule has 0 unspecified atom stereocenters. The van der Waals surface area contributed by atoms with Gasteiger partial charge in [0.1, 0.15) is 5.75 Å². The molecule has 1 aliphatic heterocycles. The van der Waals surface area contributed by atoms with Crippen LogP contribution in [0, 0.1) is 0 Å². The average Bonchev–Trinajstić information content (AvgIpc) is 2.51. The highest BCUT2D eigenvalue weighted by Crippen LogP contribution is 2.37. The van der Waals surface area contributed by atoms with Gasteiger partial charge in [0.05, 0.1) is 5.56 Å². The van der Waals surface area contributed by atoms with E-state index in [-0.39, 0.29) is 5.78 Å². The molecule has 0 radical (unpaired) electrons. The summed E-state index contributed by atoms with van der Waals surface area (Å²) in [4.78, 5) is 14.4. The Bertz CT molecular complexity index is 701. The third-order valence-electron chi connectivity index (χ3n) is 3.70. The largest absolute Gasteiger partial charge is 0.480 e. The van der Waals surface area contributed by atoms with E-state index >= 15 is 0 Å². The van der Waals surface area contributed by atoms with E-state index in [1.165, 1.54) is 0 Å². The molecule has 0 spiro atoms. The van der Waals surface area contributed by atoms with Crippen molar-refractivity contribution in [1.29, 1.82) is 0 Å². The summed E-state index contributed by atoms with van der Waals surface area (Å²) in [6.07, 6.45) is -0.413. The summed E-state index contributed by atoms with van der Waals surface area (Å²) in [5.41, 5.74) is 3.11. The Morgan fingerprint density at radius 3 is 2.38 bits per heavy atom. The van der Waals surface area contributed by atoms with Crippen molar-refractivity contribution in [2.45, 2.75) is 6.10 Å². The van der Waals surface area contributed by atoms with Crippen molar-refractivity contribution in [2.24, 2.45) is 0 Å². The van der Waals surface area contributed by atoms with E-state index in [2.05, 4.69) is 6.58 Å². The quantitative estimate of drug-likeness (QED) is 0.786. The molecule has 21 heavy (non-hydrogen) atoms. The van der Waals surface area contributed by atoms with Crippen LogP contribution in [0.3, 0.4) is 0 Å². The maximum atomic E-state index is 12.4. The molecule has 0 amide bonds. The molecule has 2 aromatic rings. The zero-order valence-corrected chi connectivity index (χ0v) is 12.2. The van der Waals surface area contributed by atoms with E-state index < -0.39 is 6.10 Å². The van der Waals surface area contributed by atoms with Crippen molar-refractivity contribution < 1.29 is 9.53 Å². The summed E-state index contributed by atoms with van der Waals surface area (Å²) in [7, 11) is 3.98. The van der Waals surface area contributed by atoms with Crippen LogP contribution >= 0.6 is 0 Å². The summed E-state index contributed by atoms with van der Waals surface area (Å²) in [6, 6.07) is 15.3. The van der Waals surface area contributed by atoms with Gasteiger partial charge < -0.3 is 9.64 Å². The molecule has 3 rings (SSSR count). The molecular weight excluding hydrogens is 262 g/mol. The minimum Gasteiger partial charge on any atom is -0.480 e. The molecule has 106 valence electrons. The standard InChI is InChI=1S/C18H17NO2/c1-12-17(20)15-6-4-5-7-16(15)21-18(12)13-8-10-14(11-9-13)19(2)3/h4-11,18H,1H2,2-3H3/t18-/m1/s1. The number of fused-ring (bicyclic) bond motifs is 1. The van der Waals surface area contributed by atoms with Gasteiger partial charge in [0.2, 0.25) is 0 Å². The molecule has 0 saturated heterocycles. The molecule has 0 fully saturated rings. The molecule has 0 N–H and O–H groups in total. The lowest BCUT2D eigenvalue weighted by Gasteiger charge is -2.27. The Hall–Kier alpha value is -2.55. The van der Waals surface area contributed by atoms with Crippen LogP contribution in [-0.2, 0) is 0 Å². The number of para-hydroxylation sites is 1. The number of hydrogen-bond donors (Lipinski definition) is 0. The third-order valence-corrected chi connectivity index (χ3v) is 3.70. The first-order valence-electron chi connectivity index (χ1n) is 6.84. The van der Waals surface area contributed by atoms with Crippen molar-refractivity contribution in [3.63, 3.8) is 0 Å². The molecular formula is C18H17NO2. The van der Waals surface area contributed by atoms with Crippen molar-refractivity contribution in [2.75, 3.05) is 19.0 Å². The number of rotatable bonds is 2. The van der Waals surface area contributed by atoms with Gasteiger partial charge in [-0.2, -0.15) is 0 Å². The van der Waals surface area contributed by atoms with E-state index in [9.17, 15) is 4.79 Å². The molecule has 2 aromatic carbocycles. The monoisotopic (exact) mass is 279 g/mol. The number of benzene rings is 2. The van der Waals surface area contributed by atoms with Crippen LogP contribution in [0.1, 0.15) is 22.0 Å². The van der Waals surface area contributed by atoms with E-state index in [0.717, 1.165) is 11.3 Å². The Morgan fingerprint density at radius 2 is 1.71 bits per heavy atom. The predicted octanol–water partition coefficient (Wildman–Crippen LogP) is 3.63. The number of ketones is 1. The van der Waals surface area contributed by atoms with E-state index in [4.69, 9.17) is 4.74 Å². The lowest BCUT2D eigenvalue weighted by Crippen LogP contribution is -2.23. The zero-order valence-electron chi connectivity index (χ0n) is 12.2. The fourth-order valence-corrected chi connectivity index (χ4v) is 2.46. The third kappa shape index (κ3) is 2.31. The van der Waals surface area contributed by atoms with Crippen molar-refractivity contribution >= 4 is 11.5 Å². The number of hydrogen-bond acceptors (Lipinski definition) is 3. The molecule has 3 nitrogen and oxygen atoms in total. The predicted molar refractivity (Wildman–Crippen MR) is 84.1 cm³/mol. The van der Waals surface area contributed by atoms with E-state index in [0.29, 0.717) is 16.9 Å². The first kappa shape index (κ1) is 13.4. The summed E-state index contributed by atoms with van der Waals surface area (Å²) < 4.78 is 5.97. The first-order valence-corrected chi connectivity index (χ1v) is 6.84. The average molecular weight is 279 g/mol. The van der Waals surface area contributed by atoms with Crippen LogP contribution in [0.2, 0.25) is 0 Å². The van der Waals surface area contributed by atoms with Crippen LogP contribution < -0.4 is 9.64 Å². The lowest BCUT2D eigenvalue weighted by molar-refractivity contribution is 0.0962. The normalized spacial score (nSPS) is 17.1. The van der Waals surface area contributed by atoms with Crippen LogP contribution in [0.5, 0.6) is 5.75 Å². The maximum Gasteiger partial charge on any atom is 0.196 e. The Labute approximate surface area is 124 Å². The summed E-state index contributed by atoms with van der Waals surface area (Å²) in [5, 5.41) is 0. The van der Waals surface area contributed by atoms with Gasteiger partial charge in [0, 0.05) is 25.4 Å². The Kier molecular flexibility index (Phi) is 3.26. The number of anilines is 1. The van der Waals surface area contributed by atoms with Gasteiger partial charge in [-0.15, -0.1) is 0 Å². The second kappa shape index (κ2) is 5.09. The van der Waals surface area contributed by atoms with E-state index in [1.807, 2.05) is 61.5 Å². The molecule has 1 atom stereocenters. The Balaban J connectivity index is 1.97. The van der Waals surface area contributed by atoms with Crippen molar-refractivity contribution in [3.8, 4) is 5.75 Å². The SMILES string of the molecule is C=C1C(=O)c2ccccc2O[C@H]1c1ccc(N(C)C)cc1. The fourth-order valence-electron chi connectivity index (χ4n) is 2.46. The number of Topliss-reactive ketones (excluding diaryl/α,β-unsaturated/α-hetero) is 1. The van der Waals surface area contributed by atoms with Crippen LogP contribution in [0.4, 0.5) is 5.69 Å². The highest BCUT2D eigenvalue weighted by atomic mass is 16.5. The topological polar surface area (TPSA) is 29.5 Å². The van der Waals surface area contributed by atoms with Crippen molar-refractivity contribution in [3.05, 3.63) is 71.8 Å². The smallest absolute Gasteiger partial charge is 0.196 e. The van der Waals surface area contributed by atoms with Gasteiger partial charge in [-0.25, -0.2) is 0 Å². The molecule has 0 saturated carbocycles. The van der Waals surface area contributed by atoms with Gasteiger partial charge in [0.15, 0.2) is 11.9 Å². The van der Waals surface area contributed by atoms with Gasteiger partial charge in [0.25, 0.3) is 0 Å². The van der Waals surface area contributed by atoms with Crippen LogP contribution in [0.25, 0.3) is 0 Å². The molecule has 3 heteroatoms. The van der Waals surface area contributed by atoms with Crippen molar-refractivity contribution in [1.82, 2.24) is 0 Å². The second-order valence-electron chi connectivity index (χ2n) is 5.33. The van der Waals surface area contributed by atoms with Gasteiger partial charge in [-0.3, -0.25) is 4.79 Å². The number of carbonyl (C=O) groups is 1.